The highest BCUT2D eigenvalue weighted by molar-refractivity contribution is 5.94. The quantitative estimate of drug-likeness (QED) is 0.142. The Bertz CT molecular complexity index is 865. The summed E-state index contributed by atoms with van der Waals surface area (Å²) in [5.74, 6) is -4.37. The lowest BCUT2D eigenvalue weighted by Gasteiger charge is -2.25. The molecule has 0 heterocycles. The van der Waals surface area contributed by atoms with Crippen molar-refractivity contribution in [1.29, 1.82) is 0 Å². The van der Waals surface area contributed by atoms with Crippen LogP contribution < -0.4 is 27.4 Å². The van der Waals surface area contributed by atoms with Gasteiger partial charge in [-0.2, -0.15) is 0 Å². The topological polar surface area (TPSA) is 214 Å². The Morgan fingerprint density at radius 1 is 0.857 bits per heavy atom. The summed E-state index contributed by atoms with van der Waals surface area (Å²) < 4.78 is 0. The average molecular weight is 494 g/mol. The summed E-state index contributed by atoms with van der Waals surface area (Å²) in [7, 11) is 0. The number of carboxylic acids is 2. The standard InChI is InChI=1S/C23H35N5O7/c1-14(23(34)35)26-22(33)18(13-15-7-3-2-4-8-15)28-21(32)17(9-5-6-12-24)27-20(31)16(25)10-11-19(29)30/h2-4,7-8,14,16-18H,5-6,9-13,24-25H2,1H3,(H,26,33)(H,27,31)(H,28,32)(H,29,30)(H,34,35). The van der Waals surface area contributed by atoms with Crippen molar-refractivity contribution < 1.29 is 34.2 Å². The number of unbranched alkanes of at least 4 members (excludes halogenated alkanes) is 1. The zero-order valence-electron chi connectivity index (χ0n) is 19.7. The number of nitrogens with one attached hydrogen (secondary N) is 3. The van der Waals surface area contributed by atoms with Gasteiger partial charge in [0.2, 0.25) is 17.7 Å². The number of carboxylic acid groups (broad SMARTS) is 2. The molecule has 4 unspecified atom stereocenters. The molecule has 0 aromatic heterocycles. The van der Waals surface area contributed by atoms with Crippen LogP contribution in [0.15, 0.2) is 30.3 Å². The number of nitrogens with two attached hydrogens (primary N) is 2. The minimum atomic E-state index is -1.23. The molecule has 194 valence electrons. The number of benzene rings is 1. The van der Waals surface area contributed by atoms with Gasteiger partial charge in [0.25, 0.3) is 0 Å². The molecule has 0 aliphatic rings. The van der Waals surface area contributed by atoms with Crippen LogP contribution in [0.1, 0.15) is 44.6 Å². The molecule has 0 saturated heterocycles. The maximum Gasteiger partial charge on any atom is 0.325 e. The third-order valence-electron chi connectivity index (χ3n) is 5.23. The first-order chi connectivity index (χ1) is 16.5. The van der Waals surface area contributed by atoms with Crippen LogP contribution in [0.3, 0.4) is 0 Å². The van der Waals surface area contributed by atoms with Crippen molar-refractivity contribution in [3.63, 3.8) is 0 Å². The number of hydrogen-bond acceptors (Lipinski definition) is 7. The first-order valence-electron chi connectivity index (χ1n) is 11.4. The van der Waals surface area contributed by atoms with Crippen molar-refractivity contribution in [2.24, 2.45) is 11.5 Å². The highest BCUT2D eigenvalue weighted by Gasteiger charge is 2.29. The summed E-state index contributed by atoms with van der Waals surface area (Å²) in [5, 5.41) is 25.4. The number of aliphatic carboxylic acids is 2. The van der Waals surface area contributed by atoms with Gasteiger partial charge in [-0.1, -0.05) is 30.3 Å². The van der Waals surface area contributed by atoms with Crippen LogP contribution >= 0.6 is 0 Å². The molecule has 0 saturated carbocycles. The first kappa shape index (κ1) is 29.5. The summed E-state index contributed by atoms with van der Waals surface area (Å²) >= 11 is 0. The molecule has 35 heavy (non-hydrogen) atoms. The van der Waals surface area contributed by atoms with Crippen molar-refractivity contribution in [3.8, 4) is 0 Å². The normalized spacial score (nSPS) is 14.1. The fourth-order valence-corrected chi connectivity index (χ4v) is 3.16. The van der Waals surface area contributed by atoms with Gasteiger partial charge in [-0.3, -0.25) is 24.0 Å². The molecule has 9 N–H and O–H groups in total. The lowest BCUT2D eigenvalue weighted by molar-refractivity contribution is -0.142. The van der Waals surface area contributed by atoms with Gasteiger partial charge in [0.15, 0.2) is 0 Å². The second-order valence-electron chi connectivity index (χ2n) is 8.20. The average Bonchev–Trinajstić information content (AvgIpc) is 2.81. The Morgan fingerprint density at radius 3 is 2.03 bits per heavy atom. The number of carbonyl (C=O) groups is 5. The minimum Gasteiger partial charge on any atom is -0.481 e. The van der Waals surface area contributed by atoms with E-state index in [4.69, 9.17) is 21.7 Å². The molecule has 1 aromatic rings. The van der Waals surface area contributed by atoms with E-state index in [0.717, 1.165) is 5.56 Å². The molecule has 1 rings (SSSR count). The Labute approximate surface area is 203 Å². The molecule has 12 heteroatoms. The van der Waals surface area contributed by atoms with E-state index in [9.17, 15) is 24.0 Å². The third kappa shape index (κ3) is 11.5. The molecular weight excluding hydrogens is 458 g/mol. The molecule has 0 radical (unpaired) electrons. The van der Waals surface area contributed by atoms with Crippen LogP contribution in [-0.4, -0.2) is 70.6 Å². The van der Waals surface area contributed by atoms with Gasteiger partial charge in [-0.05, 0) is 44.7 Å². The van der Waals surface area contributed by atoms with Gasteiger partial charge in [0.05, 0.1) is 6.04 Å². The fraction of sp³-hybridized carbons (Fsp3) is 0.522. The van der Waals surface area contributed by atoms with Crippen molar-refractivity contribution in [3.05, 3.63) is 35.9 Å². The van der Waals surface area contributed by atoms with Gasteiger partial charge >= 0.3 is 11.9 Å². The summed E-state index contributed by atoms with van der Waals surface area (Å²) in [5.41, 5.74) is 12.0. The van der Waals surface area contributed by atoms with Gasteiger partial charge in [-0.15, -0.1) is 0 Å². The Hall–Kier alpha value is -3.51. The second kappa shape index (κ2) is 15.4. The largest absolute Gasteiger partial charge is 0.481 e. The van der Waals surface area contributed by atoms with E-state index >= 15 is 0 Å². The number of rotatable bonds is 16. The molecule has 1 aromatic carbocycles. The summed E-state index contributed by atoms with van der Waals surface area (Å²) in [6, 6.07) is 4.38. The highest BCUT2D eigenvalue weighted by Crippen LogP contribution is 2.07. The zero-order valence-corrected chi connectivity index (χ0v) is 19.7. The van der Waals surface area contributed by atoms with Crippen LogP contribution in [0.5, 0.6) is 0 Å². The van der Waals surface area contributed by atoms with Crippen LogP contribution in [0.4, 0.5) is 0 Å². The molecule has 12 nitrogen and oxygen atoms in total. The van der Waals surface area contributed by atoms with Crippen molar-refractivity contribution >= 4 is 29.7 Å². The van der Waals surface area contributed by atoms with E-state index in [1.165, 1.54) is 6.92 Å². The Balaban J connectivity index is 3.01. The van der Waals surface area contributed by atoms with Gasteiger partial charge in [0, 0.05) is 12.8 Å². The van der Waals surface area contributed by atoms with E-state index in [0.29, 0.717) is 19.4 Å². The van der Waals surface area contributed by atoms with Gasteiger partial charge in [-0.25, -0.2) is 0 Å². The third-order valence-corrected chi connectivity index (χ3v) is 5.23. The molecule has 3 amide bonds. The first-order valence-corrected chi connectivity index (χ1v) is 11.4. The van der Waals surface area contributed by atoms with Crippen LogP contribution in [-0.2, 0) is 30.4 Å². The predicted molar refractivity (Wildman–Crippen MR) is 127 cm³/mol. The summed E-state index contributed by atoms with van der Waals surface area (Å²) in [6.07, 6.45) is 0.988. The van der Waals surface area contributed by atoms with Gasteiger partial charge < -0.3 is 37.6 Å². The lowest BCUT2D eigenvalue weighted by Crippen LogP contribution is -2.57. The molecule has 0 fully saturated rings. The van der Waals surface area contributed by atoms with Crippen molar-refractivity contribution in [1.82, 2.24) is 16.0 Å². The SMILES string of the molecule is CC(NC(=O)C(Cc1ccccc1)NC(=O)C(CCCCN)NC(=O)C(N)CCC(=O)O)C(=O)O. The predicted octanol–water partition coefficient (Wildman–Crippen LogP) is -0.891. The molecule has 0 aliphatic heterocycles. The molecule has 0 aliphatic carbocycles. The zero-order chi connectivity index (χ0) is 26.4. The van der Waals surface area contributed by atoms with Crippen LogP contribution in [0.2, 0.25) is 0 Å². The smallest absolute Gasteiger partial charge is 0.325 e. The number of carbonyl (C=O) groups excluding carboxylic acids is 3. The van der Waals surface area contributed by atoms with E-state index < -0.39 is 53.8 Å². The van der Waals surface area contributed by atoms with E-state index in [1.54, 1.807) is 30.3 Å². The lowest BCUT2D eigenvalue weighted by atomic mass is 10.0. The molecule has 0 bridgehead atoms. The second-order valence-corrected chi connectivity index (χ2v) is 8.20. The number of amides is 3. The maximum atomic E-state index is 13.1. The van der Waals surface area contributed by atoms with Crippen LogP contribution in [0, 0.1) is 0 Å². The van der Waals surface area contributed by atoms with Crippen molar-refractivity contribution in [2.45, 2.75) is 69.6 Å². The minimum absolute atomic E-state index is 0.0896. The van der Waals surface area contributed by atoms with E-state index in [-0.39, 0.29) is 25.7 Å². The highest BCUT2D eigenvalue weighted by atomic mass is 16.4. The Morgan fingerprint density at radius 2 is 1.46 bits per heavy atom. The van der Waals surface area contributed by atoms with E-state index in [2.05, 4.69) is 16.0 Å². The summed E-state index contributed by atoms with van der Waals surface area (Å²) in [6.45, 7) is 1.68. The van der Waals surface area contributed by atoms with Crippen LogP contribution in [0.25, 0.3) is 0 Å². The Kier molecular flexibility index (Phi) is 13.0. The van der Waals surface area contributed by atoms with Crippen molar-refractivity contribution in [2.75, 3.05) is 6.54 Å². The van der Waals surface area contributed by atoms with Gasteiger partial charge in [0.1, 0.15) is 18.1 Å². The summed E-state index contributed by atoms with van der Waals surface area (Å²) in [4.78, 5) is 60.3. The fourth-order valence-electron chi connectivity index (χ4n) is 3.16. The number of hydrogen-bond donors (Lipinski definition) is 7. The van der Waals surface area contributed by atoms with E-state index in [1.807, 2.05) is 0 Å². The maximum absolute atomic E-state index is 13.1. The molecular formula is C23H35N5O7. The monoisotopic (exact) mass is 493 g/mol. The molecule has 4 atom stereocenters. The molecule has 0 spiro atoms.